The zero-order valence-electron chi connectivity index (χ0n) is 11.1. The summed E-state index contributed by atoms with van der Waals surface area (Å²) in [5.74, 6) is 2.54. The van der Waals surface area contributed by atoms with E-state index in [4.69, 9.17) is 4.74 Å². The van der Waals surface area contributed by atoms with E-state index in [1.165, 1.54) is 24.9 Å². The van der Waals surface area contributed by atoms with Crippen molar-refractivity contribution in [3.63, 3.8) is 0 Å². The summed E-state index contributed by atoms with van der Waals surface area (Å²) in [4.78, 5) is 0. The molecular weight excluding hydrogens is 210 g/mol. The lowest BCUT2D eigenvalue weighted by atomic mass is 9.80. The lowest BCUT2D eigenvalue weighted by molar-refractivity contribution is 0.280. The summed E-state index contributed by atoms with van der Waals surface area (Å²) < 4.78 is 5.17. The molecule has 3 unspecified atom stereocenters. The number of rotatable bonds is 3. The van der Waals surface area contributed by atoms with E-state index in [0.29, 0.717) is 6.04 Å². The van der Waals surface area contributed by atoms with Crippen molar-refractivity contribution >= 4 is 5.69 Å². The number of methoxy groups -OCH3 is 1. The summed E-state index contributed by atoms with van der Waals surface area (Å²) in [5, 5.41) is 3.66. The zero-order valence-corrected chi connectivity index (χ0v) is 11.1. The van der Waals surface area contributed by atoms with E-state index in [-0.39, 0.29) is 0 Å². The quantitative estimate of drug-likeness (QED) is 0.854. The first-order chi connectivity index (χ1) is 8.19. The fourth-order valence-corrected chi connectivity index (χ4v) is 2.63. The smallest absolute Gasteiger partial charge is 0.119 e. The number of anilines is 1. The predicted octanol–water partition coefficient (Wildman–Crippen LogP) is 3.93. The summed E-state index contributed by atoms with van der Waals surface area (Å²) in [5.41, 5.74) is 1.21. The van der Waals surface area contributed by atoms with Gasteiger partial charge in [0, 0.05) is 11.7 Å². The van der Waals surface area contributed by atoms with Gasteiger partial charge < -0.3 is 10.1 Å². The molecule has 2 heteroatoms. The minimum atomic E-state index is 0.618. The van der Waals surface area contributed by atoms with Gasteiger partial charge in [-0.25, -0.2) is 0 Å². The van der Waals surface area contributed by atoms with Crippen LogP contribution < -0.4 is 10.1 Å². The van der Waals surface area contributed by atoms with E-state index in [1.54, 1.807) is 7.11 Å². The molecule has 0 radical (unpaired) electrons. The molecule has 2 nitrogen and oxygen atoms in total. The van der Waals surface area contributed by atoms with E-state index >= 15 is 0 Å². The summed E-state index contributed by atoms with van der Waals surface area (Å²) in [7, 11) is 1.70. The number of hydrogen-bond donors (Lipinski definition) is 1. The number of ether oxygens (including phenoxy) is 1. The Balaban J connectivity index is 1.98. The van der Waals surface area contributed by atoms with Crippen LogP contribution >= 0.6 is 0 Å². The van der Waals surface area contributed by atoms with Crippen LogP contribution in [0.4, 0.5) is 5.69 Å². The SMILES string of the molecule is COc1ccc(NC2CC(C)CCC2C)cc1. The molecule has 1 saturated carbocycles. The number of nitrogens with one attached hydrogen (secondary N) is 1. The first-order valence-corrected chi connectivity index (χ1v) is 6.59. The Bertz CT molecular complexity index is 346. The Morgan fingerprint density at radius 1 is 1.12 bits per heavy atom. The molecule has 17 heavy (non-hydrogen) atoms. The molecule has 1 aromatic carbocycles. The molecule has 0 aliphatic heterocycles. The van der Waals surface area contributed by atoms with Crippen LogP contribution in [-0.2, 0) is 0 Å². The average Bonchev–Trinajstić information content (AvgIpc) is 2.35. The lowest BCUT2D eigenvalue weighted by Crippen LogP contribution is -2.33. The second kappa shape index (κ2) is 5.44. The maximum absolute atomic E-state index is 5.17. The van der Waals surface area contributed by atoms with Crippen LogP contribution in [0.2, 0.25) is 0 Å². The summed E-state index contributed by atoms with van der Waals surface area (Å²) in [6.45, 7) is 4.71. The Morgan fingerprint density at radius 3 is 2.47 bits per heavy atom. The van der Waals surface area contributed by atoms with Crippen LogP contribution in [0, 0.1) is 11.8 Å². The van der Waals surface area contributed by atoms with Crippen LogP contribution in [-0.4, -0.2) is 13.2 Å². The highest BCUT2D eigenvalue weighted by Crippen LogP contribution is 2.30. The molecule has 0 saturated heterocycles. The third kappa shape index (κ3) is 3.15. The zero-order chi connectivity index (χ0) is 12.3. The molecule has 1 aliphatic rings. The molecule has 0 heterocycles. The third-order valence-electron chi connectivity index (χ3n) is 3.90. The van der Waals surface area contributed by atoms with E-state index in [9.17, 15) is 0 Å². The minimum absolute atomic E-state index is 0.618. The van der Waals surface area contributed by atoms with Crippen LogP contribution in [0.3, 0.4) is 0 Å². The molecule has 0 spiro atoms. The van der Waals surface area contributed by atoms with Crippen LogP contribution in [0.1, 0.15) is 33.1 Å². The van der Waals surface area contributed by atoms with Gasteiger partial charge in [-0.2, -0.15) is 0 Å². The minimum Gasteiger partial charge on any atom is -0.497 e. The van der Waals surface area contributed by atoms with Crippen molar-refractivity contribution in [3.05, 3.63) is 24.3 Å². The van der Waals surface area contributed by atoms with E-state index in [1.807, 2.05) is 12.1 Å². The first-order valence-electron chi connectivity index (χ1n) is 6.59. The van der Waals surface area contributed by atoms with E-state index in [2.05, 4.69) is 31.3 Å². The molecule has 2 rings (SSSR count). The second-order valence-corrected chi connectivity index (χ2v) is 5.37. The highest BCUT2D eigenvalue weighted by Gasteiger charge is 2.25. The monoisotopic (exact) mass is 233 g/mol. The van der Waals surface area contributed by atoms with Gasteiger partial charge in [0.25, 0.3) is 0 Å². The van der Waals surface area contributed by atoms with Crippen LogP contribution in [0.15, 0.2) is 24.3 Å². The first kappa shape index (κ1) is 12.3. The van der Waals surface area contributed by atoms with Gasteiger partial charge in [0.2, 0.25) is 0 Å². The topological polar surface area (TPSA) is 21.3 Å². The van der Waals surface area contributed by atoms with Crippen molar-refractivity contribution in [1.82, 2.24) is 0 Å². The van der Waals surface area contributed by atoms with Gasteiger partial charge in [0.1, 0.15) is 5.75 Å². The van der Waals surface area contributed by atoms with E-state index < -0.39 is 0 Å². The Hall–Kier alpha value is -1.18. The van der Waals surface area contributed by atoms with Gasteiger partial charge in [-0.05, 0) is 48.9 Å². The predicted molar refractivity (Wildman–Crippen MR) is 72.6 cm³/mol. The van der Waals surface area contributed by atoms with Gasteiger partial charge in [-0.1, -0.05) is 20.3 Å². The standard InChI is InChI=1S/C15H23NO/c1-11-4-5-12(2)15(10-11)16-13-6-8-14(17-3)9-7-13/h6-9,11-12,15-16H,4-5,10H2,1-3H3. The molecule has 3 atom stereocenters. The van der Waals surface area contributed by atoms with E-state index in [0.717, 1.165) is 17.6 Å². The van der Waals surface area contributed by atoms with Gasteiger partial charge in [-0.3, -0.25) is 0 Å². The molecular formula is C15H23NO. The Labute approximate surface area is 104 Å². The maximum atomic E-state index is 5.17. The highest BCUT2D eigenvalue weighted by molar-refractivity contribution is 5.47. The van der Waals surface area contributed by atoms with Crippen molar-refractivity contribution in [2.75, 3.05) is 12.4 Å². The molecule has 1 fully saturated rings. The van der Waals surface area contributed by atoms with Crippen LogP contribution in [0.25, 0.3) is 0 Å². The van der Waals surface area contributed by atoms with Crippen molar-refractivity contribution < 1.29 is 4.74 Å². The maximum Gasteiger partial charge on any atom is 0.119 e. The van der Waals surface area contributed by atoms with Gasteiger partial charge >= 0.3 is 0 Å². The highest BCUT2D eigenvalue weighted by atomic mass is 16.5. The Kier molecular flexibility index (Phi) is 3.93. The van der Waals surface area contributed by atoms with Crippen molar-refractivity contribution in [3.8, 4) is 5.75 Å². The third-order valence-corrected chi connectivity index (χ3v) is 3.90. The van der Waals surface area contributed by atoms with Gasteiger partial charge in [0.15, 0.2) is 0 Å². The second-order valence-electron chi connectivity index (χ2n) is 5.37. The van der Waals surface area contributed by atoms with Crippen molar-refractivity contribution in [1.29, 1.82) is 0 Å². The molecule has 0 amide bonds. The molecule has 94 valence electrons. The summed E-state index contributed by atoms with van der Waals surface area (Å²) >= 11 is 0. The number of benzene rings is 1. The fraction of sp³-hybridized carbons (Fsp3) is 0.600. The molecule has 1 aromatic rings. The summed E-state index contributed by atoms with van der Waals surface area (Å²) in [6.07, 6.45) is 4.00. The van der Waals surface area contributed by atoms with Crippen molar-refractivity contribution in [2.45, 2.75) is 39.2 Å². The van der Waals surface area contributed by atoms with Crippen molar-refractivity contribution in [2.24, 2.45) is 11.8 Å². The van der Waals surface area contributed by atoms with Gasteiger partial charge in [-0.15, -0.1) is 0 Å². The van der Waals surface area contributed by atoms with Crippen LogP contribution in [0.5, 0.6) is 5.75 Å². The average molecular weight is 233 g/mol. The largest absolute Gasteiger partial charge is 0.497 e. The molecule has 1 N–H and O–H groups in total. The fourth-order valence-electron chi connectivity index (χ4n) is 2.63. The number of hydrogen-bond acceptors (Lipinski definition) is 2. The molecule has 0 bridgehead atoms. The van der Waals surface area contributed by atoms with Gasteiger partial charge in [0.05, 0.1) is 7.11 Å². The Morgan fingerprint density at radius 2 is 1.82 bits per heavy atom. The lowest BCUT2D eigenvalue weighted by Gasteiger charge is -2.34. The molecule has 0 aromatic heterocycles. The molecule has 1 aliphatic carbocycles. The normalized spacial score (nSPS) is 28.8. The summed E-state index contributed by atoms with van der Waals surface area (Å²) in [6, 6.07) is 8.85.